The summed E-state index contributed by atoms with van der Waals surface area (Å²) in [7, 11) is -5.89. The lowest BCUT2D eigenvalue weighted by molar-refractivity contribution is 0.272. The van der Waals surface area contributed by atoms with E-state index in [0.29, 0.717) is 18.0 Å². The van der Waals surface area contributed by atoms with Crippen molar-refractivity contribution in [2.24, 2.45) is 0 Å². The van der Waals surface area contributed by atoms with Crippen LogP contribution in [0.3, 0.4) is 0 Å². The van der Waals surface area contributed by atoms with Crippen molar-refractivity contribution in [2.45, 2.75) is 30.2 Å². The van der Waals surface area contributed by atoms with Crippen LogP contribution in [0.1, 0.15) is 12.6 Å². The summed E-state index contributed by atoms with van der Waals surface area (Å²) in [5.41, 5.74) is 0.440. The fraction of sp³-hybridized carbons (Fsp3) is 0.471. The highest BCUT2D eigenvalue weighted by atomic mass is 32.2. The van der Waals surface area contributed by atoms with Crippen LogP contribution in [0.15, 0.2) is 40.3 Å². The van der Waals surface area contributed by atoms with Gasteiger partial charge < -0.3 is 4.74 Å². The second-order valence-electron chi connectivity index (χ2n) is 6.42. The van der Waals surface area contributed by atoms with Crippen LogP contribution < -0.4 is 4.74 Å². The standard InChI is InChI=1S/C17H24N4O5S2/c1-4-19-13-17(14(2)18-19)28(24,25)21-11-9-20(10-12-21)27(22,23)16-7-5-15(26-3)6-8-16/h5-8,13H,4,9-12H2,1-3H3. The van der Waals surface area contributed by atoms with Crippen molar-refractivity contribution in [1.29, 1.82) is 0 Å². The Hall–Kier alpha value is -1.95. The van der Waals surface area contributed by atoms with Gasteiger partial charge in [-0.3, -0.25) is 4.68 Å². The highest BCUT2D eigenvalue weighted by molar-refractivity contribution is 7.89. The van der Waals surface area contributed by atoms with Crippen LogP contribution in [0.2, 0.25) is 0 Å². The van der Waals surface area contributed by atoms with E-state index in [1.165, 1.54) is 34.0 Å². The van der Waals surface area contributed by atoms with Crippen LogP contribution >= 0.6 is 0 Å². The summed E-state index contributed by atoms with van der Waals surface area (Å²) in [4.78, 5) is 0.325. The van der Waals surface area contributed by atoms with E-state index < -0.39 is 20.0 Å². The number of piperazine rings is 1. The van der Waals surface area contributed by atoms with Crippen molar-refractivity contribution in [3.63, 3.8) is 0 Å². The fourth-order valence-corrected chi connectivity index (χ4v) is 6.11. The zero-order valence-electron chi connectivity index (χ0n) is 16.1. The molecule has 1 aliphatic rings. The number of ether oxygens (including phenoxy) is 1. The van der Waals surface area contributed by atoms with Gasteiger partial charge in [-0.15, -0.1) is 0 Å². The van der Waals surface area contributed by atoms with E-state index in [4.69, 9.17) is 4.74 Å². The Morgan fingerprint density at radius 2 is 1.50 bits per heavy atom. The molecule has 2 heterocycles. The average molecular weight is 429 g/mol. The number of aryl methyl sites for hydroxylation is 2. The first-order chi connectivity index (χ1) is 13.2. The van der Waals surface area contributed by atoms with Crippen molar-refractivity contribution in [3.8, 4) is 5.75 Å². The summed E-state index contributed by atoms with van der Waals surface area (Å²) in [6.45, 7) is 4.48. The maximum absolute atomic E-state index is 12.9. The van der Waals surface area contributed by atoms with Crippen molar-refractivity contribution in [1.82, 2.24) is 18.4 Å². The largest absolute Gasteiger partial charge is 0.497 e. The predicted octanol–water partition coefficient (Wildman–Crippen LogP) is 0.915. The van der Waals surface area contributed by atoms with Crippen LogP contribution in [-0.4, -0.2) is 68.5 Å². The Balaban J connectivity index is 1.75. The molecule has 1 aliphatic heterocycles. The molecule has 28 heavy (non-hydrogen) atoms. The van der Waals surface area contributed by atoms with Crippen molar-refractivity contribution in [3.05, 3.63) is 36.2 Å². The van der Waals surface area contributed by atoms with E-state index in [9.17, 15) is 16.8 Å². The van der Waals surface area contributed by atoms with Crippen molar-refractivity contribution < 1.29 is 21.6 Å². The highest BCUT2D eigenvalue weighted by Crippen LogP contribution is 2.24. The third kappa shape index (κ3) is 3.79. The summed E-state index contributed by atoms with van der Waals surface area (Å²) in [5, 5.41) is 4.19. The van der Waals surface area contributed by atoms with E-state index in [0.717, 1.165) is 0 Å². The number of rotatable bonds is 6. The maximum atomic E-state index is 12.9. The quantitative estimate of drug-likeness (QED) is 0.678. The van der Waals surface area contributed by atoms with Crippen LogP contribution in [0, 0.1) is 6.92 Å². The van der Waals surface area contributed by atoms with Crippen LogP contribution in [0.4, 0.5) is 0 Å². The first-order valence-electron chi connectivity index (χ1n) is 8.88. The van der Waals surface area contributed by atoms with Crippen molar-refractivity contribution in [2.75, 3.05) is 33.3 Å². The first-order valence-corrected chi connectivity index (χ1v) is 11.8. The minimum atomic E-state index is -3.71. The van der Waals surface area contributed by atoms with Gasteiger partial charge in [-0.05, 0) is 38.1 Å². The molecular weight excluding hydrogens is 404 g/mol. The molecule has 1 fully saturated rings. The van der Waals surface area contributed by atoms with Gasteiger partial charge in [0.05, 0.1) is 17.7 Å². The van der Waals surface area contributed by atoms with E-state index in [-0.39, 0.29) is 36.0 Å². The topological polar surface area (TPSA) is 102 Å². The number of sulfonamides is 2. The molecule has 0 N–H and O–H groups in total. The number of benzene rings is 1. The van der Waals surface area contributed by atoms with Gasteiger partial charge in [0.1, 0.15) is 10.6 Å². The maximum Gasteiger partial charge on any atom is 0.246 e. The first kappa shape index (κ1) is 20.8. The van der Waals surface area contributed by atoms with Gasteiger partial charge in [0.2, 0.25) is 20.0 Å². The smallest absolute Gasteiger partial charge is 0.246 e. The molecule has 0 spiro atoms. The molecule has 0 amide bonds. The molecule has 0 radical (unpaired) electrons. The van der Waals surface area contributed by atoms with Gasteiger partial charge in [-0.2, -0.15) is 13.7 Å². The lowest BCUT2D eigenvalue weighted by Crippen LogP contribution is -2.50. The van der Waals surface area contributed by atoms with Gasteiger partial charge in [0.15, 0.2) is 0 Å². The monoisotopic (exact) mass is 428 g/mol. The average Bonchev–Trinajstić information content (AvgIpc) is 3.10. The molecule has 1 aromatic carbocycles. The second kappa shape index (κ2) is 7.82. The number of aromatic nitrogens is 2. The van der Waals surface area contributed by atoms with Gasteiger partial charge in [-0.25, -0.2) is 16.8 Å². The molecule has 0 saturated carbocycles. The third-order valence-electron chi connectivity index (χ3n) is 4.74. The summed E-state index contributed by atoms with van der Waals surface area (Å²) >= 11 is 0. The number of methoxy groups -OCH3 is 1. The fourth-order valence-electron chi connectivity index (χ4n) is 3.10. The minimum Gasteiger partial charge on any atom is -0.497 e. The van der Waals surface area contributed by atoms with Gasteiger partial charge >= 0.3 is 0 Å². The van der Waals surface area contributed by atoms with Gasteiger partial charge in [-0.1, -0.05) is 0 Å². The summed E-state index contributed by atoms with van der Waals surface area (Å²) in [6.07, 6.45) is 1.52. The molecule has 9 nitrogen and oxygen atoms in total. The zero-order chi connectivity index (χ0) is 20.5. The van der Waals surface area contributed by atoms with Gasteiger partial charge in [0.25, 0.3) is 0 Å². The summed E-state index contributed by atoms with van der Waals surface area (Å²) < 4.78 is 60.7. The second-order valence-corrected chi connectivity index (χ2v) is 10.3. The lowest BCUT2D eigenvalue weighted by Gasteiger charge is -2.33. The molecular formula is C17H24N4O5S2. The molecule has 0 aliphatic carbocycles. The molecule has 11 heteroatoms. The molecule has 0 atom stereocenters. The number of nitrogens with zero attached hydrogens (tertiary/aromatic N) is 4. The number of hydrogen-bond acceptors (Lipinski definition) is 6. The zero-order valence-corrected chi connectivity index (χ0v) is 17.7. The van der Waals surface area contributed by atoms with Crippen LogP contribution in [0.25, 0.3) is 0 Å². The molecule has 2 aromatic rings. The predicted molar refractivity (Wildman–Crippen MR) is 103 cm³/mol. The normalized spacial score (nSPS) is 17.0. The summed E-state index contributed by atoms with van der Waals surface area (Å²) in [5.74, 6) is 0.567. The highest BCUT2D eigenvalue weighted by Gasteiger charge is 2.35. The SMILES string of the molecule is CCn1cc(S(=O)(=O)N2CCN(S(=O)(=O)c3ccc(OC)cc3)CC2)c(C)n1. The third-order valence-corrected chi connectivity index (χ3v) is 8.65. The Morgan fingerprint density at radius 3 is 1.96 bits per heavy atom. The lowest BCUT2D eigenvalue weighted by atomic mass is 10.3. The Labute approximate surface area is 165 Å². The van der Waals surface area contributed by atoms with Crippen LogP contribution in [-0.2, 0) is 26.6 Å². The van der Waals surface area contributed by atoms with Gasteiger partial charge in [0, 0.05) is 38.9 Å². The number of hydrogen-bond donors (Lipinski definition) is 0. The van der Waals surface area contributed by atoms with E-state index in [2.05, 4.69) is 5.10 Å². The molecule has 1 aromatic heterocycles. The molecule has 0 unspecified atom stereocenters. The Bertz CT molecular complexity index is 1040. The Kier molecular flexibility index (Phi) is 5.80. The Morgan fingerprint density at radius 1 is 0.964 bits per heavy atom. The summed E-state index contributed by atoms with van der Waals surface area (Å²) in [6, 6.07) is 6.14. The van der Waals surface area contributed by atoms with E-state index in [1.807, 2.05) is 6.92 Å². The van der Waals surface area contributed by atoms with Crippen molar-refractivity contribution >= 4 is 20.0 Å². The minimum absolute atomic E-state index is 0.0917. The van der Waals surface area contributed by atoms with Crippen LogP contribution in [0.5, 0.6) is 5.75 Å². The molecule has 0 bridgehead atoms. The molecule has 3 rings (SSSR count). The molecule has 154 valence electrons. The van der Waals surface area contributed by atoms with E-state index >= 15 is 0 Å². The van der Waals surface area contributed by atoms with E-state index in [1.54, 1.807) is 23.7 Å². The molecule has 1 saturated heterocycles.